The Morgan fingerprint density at radius 3 is 2.78 bits per heavy atom. The van der Waals surface area contributed by atoms with Crippen LogP contribution >= 0.6 is 0 Å². The van der Waals surface area contributed by atoms with Crippen LogP contribution in [0.2, 0.25) is 0 Å². The van der Waals surface area contributed by atoms with Crippen LogP contribution in [0.4, 0.5) is 4.39 Å². The molecule has 0 aliphatic rings. The van der Waals surface area contributed by atoms with E-state index in [1.165, 1.54) is 31.5 Å². The van der Waals surface area contributed by atoms with Gasteiger partial charge in [-0.05, 0) is 25.1 Å². The molecule has 0 saturated heterocycles. The molecule has 0 spiro atoms. The number of rotatable bonds is 4. The number of benzene rings is 1. The normalized spacial score (nSPS) is 10.4. The van der Waals surface area contributed by atoms with Crippen molar-refractivity contribution in [2.45, 2.75) is 13.5 Å². The largest absolute Gasteiger partial charge is 0.494 e. The monoisotopic (exact) mass is 248 g/mol. The van der Waals surface area contributed by atoms with Crippen LogP contribution in [0.3, 0.4) is 0 Å². The highest BCUT2D eigenvalue weighted by Gasteiger charge is 2.13. The third-order valence-corrected chi connectivity index (χ3v) is 2.63. The topological polar surface area (TPSA) is 44.1 Å². The second-order valence-electron chi connectivity index (χ2n) is 3.76. The molecule has 2 rings (SSSR count). The fourth-order valence-electron chi connectivity index (χ4n) is 1.63. The van der Waals surface area contributed by atoms with Gasteiger partial charge in [-0.1, -0.05) is 0 Å². The van der Waals surface area contributed by atoms with E-state index in [4.69, 9.17) is 4.74 Å². The lowest BCUT2D eigenvalue weighted by Gasteiger charge is -2.03. The second kappa shape index (κ2) is 5.00. The van der Waals surface area contributed by atoms with E-state index in [-0.39, 0.29) is 17.1 Å². The molecule has 0 N–H and O–H groups in total. The number of hydrogen-bond donors (Lipinski definition) is 0. The number of hydrogen-bond acceptors (Lipinski definition) is 3. The third kappa shape index (κ3) is 2.25. The molecule has 1 aromatic heterocycles. The number of carbonyl (C=O) groups excluding carboxylic acids is 1. The highest BCUT2D eigenvalue weighted by Crippen LogP contribution is 2.19. The maximum absolute atomic E-state index is 13.5. The molecular weight excluding hydrogens is 235 g/mol. The first-order chi connectivity index (χ1) is 8.65. The number of nitrogens with zero attached hydrogens (tertiary/aromatic N) is 2. The average molecular weight is 248 g/mol. The number of halogens is 1. The Kier molecular flexibility index (Phi) is 3.41. The molecule has 0 saturated carbocycles. The number of ether oxygens (including phenoxy) is 1. The lowest BCUT2D eigenvalue weighted by molar-refractivity contribution is 0.103. The minimum Gasteiger partial charge on any atom is -0.494 e. The fraction of sp³-hybridized carbons (Fsp3) is 0.231. The Hall–Kier alpha value is -2.17. The van der Waals surface area contributed by atoms with Crippen molar-refractivity contribution in [1.82, 2.24) is 9.78 Å². The van der Waals surface area contributed by atoms with Gasteiger partial charge in [0.25, 0.3) is 0 Å². The summed E-state index contributed by atoms with van der Waals surface area (Å²) in [6.07, 6.45) is 3.12. The van der Waals surface area contributed by atoms with Gasteiger partial charge in [0.2, 0.25) is 0 Å². The summed E-state index contributed by atoms with van der Waals surface area (Å²) < 4.78 is 19.9. The van der Waals surface area contributed by atoms with E-state index in [0.717, 1.165) is 0 Å². The van der Waals surface area contributed by atoms with Crippen molar-refractivity contribution in [2.24, 2.45) is 0 Å². The average Bonchev–Trinajstić information content (AvgIpc) is 2.86. The minimum absolute atomic E-state index is 0.121. The molecule has 0 aliphatic carbocycles. The first-order valence-corrected chi connectivity index (χ1v) is 5.56. The second-order valence-corrected chi connectivity index (χ2v) is 3.76. The molecule has 0 unspecified atom stereocenters. The molecular formula is C13H13FN2O2. The van der Waals surface area contributed by atoms with Crippen LogP contribution in [0.1, 0.15) is 22.8 Å². The van der Waals surface area contributed by atoms with Crippen molar-refractivity contribution >= 4 is 5.78 Å². The molecule has 1 aromatic carbocycles. The van der Waals surface area contributed by atoms with Crippen molar-refractivity contribution in [3.05, 3.63) is 47.5 Å². The molecule has 0 radical (unpaired) electrons. The van der Waals surface area contributed by atoms with Crippen LogP contribution in [-0.4, -0.2) is 22.7 Å². The predicted octanol–water partition coefficient (Wildman–Crippen LogP) is 2.28. The summed E-state index contributed by atoms with van der Waals surface area (Å²) in [5.74, 6) is -0.682. The van der Waals surface area contributed by atoms with Gasteiger partial charge in [0.15, 0.2) is 17.3 Å². The summed E-state index contributed by atoms with van der Waals surface area (Å²) in [7, 11) is 1.38. The lowest BCUT2D eigenvalue weighted by Crippen LogP contribution is -2.01. The lowest BCUT2D eigenvalue weighted by atomic mass is 10.1. The maximum Gasteiger partial charge on any atom is 0.196 e. The first-order valence-electron chi connectivity index (χ1n) is 5.56. The van der Waals surface area contributed by atoms with E-state index in [0.29, 0.717) is 12.1 Å². The summed E-state index contributed by atoms with van der Waals surface area (Å²) in [4.78, 5) is 12.1. The molecule has 2 aromatic rings. The Bertz CT molecular complexity index is 578. The van der Waals surface area contributed by atoms with Crippen LogP contribution in [-0.2, 0) is 6.54 Å². The molecule has 0 atom stereocenters. The van der Waals surface area contributed by atoms with Gasteiger partial charge in [-0.2, -0.15) is 5.10 Å². The molecule has 18 heavy (non-hydrogen) atoms. The molecule has 4 nitrogen and oxygen atoms in total. The van der Waals surface area contributed by atoms with Crippen molar-refractivity contribution in [3.8, 4) is 5.75 Å². The smallest absolute Gasteiger partial charge is 0.196 e. The van der Waals surface area contributed by atoms with Gasteiger partial charge >= 0.3 is 0 Å². The standard InChI is InChI=1S/C13H13FN2O2/c1-3-16-8-10(7-15-16)13(17)9-4-5-12(18-2)11(14)6-9/h4-8H,3H2,1-2H3. The summed E-state index contributed by atoms with van der Waals surface area (Å²) in [6, 6.07) is 4.14. The summed E-state index contributed by atoms with van der Waals surface area (Å²) in [5.41, 5.74) is 0.727. The van der Waals surface area contributed by atoms with Gasteiger partial charge in [0, 0.05) is 18.3 Å². The minimum atomic E-state index is -0.550. The molecule has 94 valence electrons. The number of aromatic nitrogens is 2. The van der Waals surface area contributed by atoms with E-state index in [1.807, 2.05) is 6.92 Å². The Balaban J connectivity index is 2.31. The van der Waals surface area contributed by atoms with Gasteiger partial charge in [0.1, 0.15) is 0 Å². The van der Waals surface area contributed by atoms with Gasteiger partial charge in [-0.15, -0.1) is 0 Å². The number of methoxy groups -OCH3 is 1. The van der Waals surface area contributed by atoms with E-state index < -0.39 is 5.82 Å². The quantitative estimate of drug-likeness (QED) is 0.780. The highest BCUT2D eigenvalue weighted by atomic mass is 19.1. The van der Waals surface area contributed by atoms with Gasteiger partial charge in [-0.25, -0.2) is 4.39 Å². The number of aryl methyl sites for hydroxylation is 1. The molecule has 1 heterocycles. The van der Waals surface area contributed by atoms with Crippen molar-refractivity contribution in [1.29, 1.82) is 0 Å². The van der Waals surface area contributed by atoms with Crippen LogP contribution in [0.5, 0.6) is 5.75 Å². The van der Waals surface area contributed by atoms with Crippen molar-refractivity contribution in [3.63, 3.8) is 0 Å². The molecule has 0 amide bonds. The van der Waals surface area contributed by atoms with Gasteiger partial charge in [0.05, 0.1) is 18.9 Å². The molecule has 0 bridgehead atoms. The fourth-order valence-corrected chi connectivity index (χ4v) is 1.63. The van der Waals surface area contributed by atoms with Crippen LogP contribution in [0.25, 0.3) is 0 Å². The van der Waals surface area contributed by atoms with Crippen molar-refractivity contribution < 1.29 is 13.9 Å². The van der Waals surface area contributed by atoms with Gasteiger partial charge in [-0.3, -0.25) is 9.48 Å². The highest BCUT2D eigenvalue weighted by molar-refractivity contribution is 6.08. The van der Waals surface area contributed by atoms with E-state index in [2.05, 4.69) is 5.10 Å². The van der Waals surface area contributed by atoms with Crippen LogP contribution in [0, 0.1) is 5.82 Å². The predicted molar refractivity (Wildman–Crippen MR) is 64.3 cm³/mol. The third-order valence-electron chi connectivity index (χ3n) is 2.63. The van der Waals surface area contributed by atoms with E-state index in [9.17, 15) is 9.18 Å². The zero-order valence-electron chi connectivity index (χ0n) is 10.2. The zero-order valence-corrected chi connectivity index (χ0v) is 10.2. The molecule has 5 heteroatoms. The summed E-state index contributed by atoms with van der Waals surface area (Å²) >= 11 is 0. The SMILES string of the molecule is CCn1cc(C(=O)c2ccc(OC)c(F)c2)cn1. The maximum atomic E-state index is 13.5. The van der Waals surface area contributed by atoms with Crippen LogP contribution in [0.15, 0.2) is 30.6 Å². The number of ketones is 1. The van der Waals surface area contributed by atoms with E-state index in [1.54, 1.807) is 10.9 Å². The summed E-state index contributed by atoms with van der Waals surface area (Å²) in [5, 5.41) is 4.01. The van der Waals surface area contributed by atoms with E-state index >= 15 is 0 Å². The number of carbonyl (C=O) groups is 1. The van der Waals surface area contributed by atoms with Crippen molar-refractivity contribution in [2.75, 3.05) is 7.11 Å². The van der Waals surface area contributed by atoms with Gasteiger partial charge < -0.3 is 4.74 Å². The Labute approximate surface area is 104 Å². The molecule has 0 fully saturated rings. The van der Waals surface area contributed by atoms with Crippen LogP contribution < -0.4 is 4.74 Å². The Morgan fingerprint density at radius 1 is 1.44 bits per heavy atom. The molecule has 0 aliphatic heterocycles. The zero-order chi connectivity index (χ0) is 13.1. The first kappa shape index (κ1) is 12.3. The Morgan fingerprint density at radius 2 is 2.22 bits per heavy atom. The summed E-state index contributed by atoms with van der Waals surface area (Å²) in [6.45, 7) is 2.61.